The van der Waals surface area contributed by atoms with Crippen LogP contribution in [0.1, 0.15) is 17.0 Å². The highest BCUT2D eigenvalue weighted by molar-refractivity contribution is 5.66. The quantitative estimate of drug-likeness (QED) is 0.751. The van der Waals surface area contributed by atoms with Crippen LogP contribution in [0.25, 0.3) is 11.3 Å². The topological polar surface area (TPSA) is 37.8 Å². The van der Waals surface area contributed by atoms with Crippen molar-refractivity contribution < 1.29 is 0 Å². The lowest BCUT2D eigenvalue weighted by molar-refractivity contribution is 1.06. The molecular weight excluding hydrogens is 270 g/mol. The minimum atomic E-state index is 0.758. The van der Waals surface area contributed by atoms with E-state index in [1.54, 1.807) is 0 Å². The van der Waals surface area contributed by atoms with Gasteiger partial charge in [-0.1, -0.05) is 42.0 Å². The van der Waals surface area contributed by atoms with Crippen molar-refractivity contribution in [2.75, 3.05) is 5.32 Å². The molecule has 0 radical (unpaired) electrons. The van der Waals surface area contributed by atoms with Gasteiger partial charge in [0.25, 0.3) is 0 Å². The van der Waals surface area contributed by atoms with Crippen molar-refractivity contribution in [3.8, 4) is 11.3 Å². The summed E-state index contributed by atoms with van der Waals surface area (Å²) in [6.07, 6.45) is 0. The van der Waals surface area contributed by atoms with Crippen LogP contribution in [0.3, 0.4) is 0 Å². The molecule has 0 aliphatic carbocycles. The summed E-state index contributed by atoms with van der Waals surface area (Å²) in [6, 6.07) is 18.6. The maximum Gasteiger partial charge on any atom is 0.134 e. The zero-order valence-electron chi connectivity index (χ0n) is 13.1. The monoisotopic (exact) mass is 289 g/mol. The first-order valence-corrected chi connectivity index (χ1v) is 7.36. The maximum atomic E-state index is 4.54. The third-order valence-electron chi connectivity index (χ3n) is 3.48. The van der Waals surface area contributed by atoms with E-state index < -0.39 is 0 Å². The average Bonchev–Trinajstić information content (AvgIpc) is 2.47. The van der Waals surface area contributed by atoms with Crippen molar-refractivity contribution in [3.05, 3.63) is 71.5 Å². The predicted molar refractivity (Wildman–Crippen MR) is 91.4 cm³/mol. The molecule has 0 spiro atoms. The molecule has 2 aromatic carbocycles. The van der Waals surface area contributed by atoms with Gasteiger partial charge in [0.1, 0.15) is 11.6 Å². The van der Waals surface area contributed by atoms with E-state index in [0.29, 0.717) is 0 Å². The summed E-state index contributed by atoms with van der Waals surface area (Å²) in [5.41, 5.74) is 5.53. The Bertz CT molecular complexity index is 792. The maximum absolute atomic E-state index is 4.54. The van der Waals surface area contributed by atoms with Gasteiger partial charge in [-0.2, -0.15) is 0 Å². The van der Waals surface area contributed by atoms with Gasteiger partial charge < -0.3 is 5.32 Å². The second-order valence-corrected chi connectivity index (χ2v) is 5.55. The Balaban J connectivity index is 1.94. The zero-order chi connectivity index (χ0) is 15.5. The highest BCUT2D eigenvalue weighted by atomic mass is 15.0. The lowest BCUT2D eigenvalue weighted by Gasteiger charge is -2.09. The van der Waals surface area contributed by atoms with Crippen molar-refractivity contribution in [1.82, 2.24) is 9.97 Å². The Labute approximate surface area is 131 Å². The smallest absolute Gasteiger partial charge is 0.134 e. The summed E-state index contributed by atoms with van der Waals surface area (Å²) < 4.78 is 0. The molecule has 3 rings (SSSR count). The molecule has 0 bridgehead atoms. The van der Waals surface area contributed by atoms with Crippen LogP contribution in [-0.4, -0.2) is 9.97 Å². The number of rotatable bonds is 3. The number of hydrogen-bond acceptors (Lipinski definition) is 3. The molecular formula is C19H19N3. The molecule has 0 amide bonds. The van der Waals surface area contributed by atoms with Gasteiger partial charge in [0.05, 0.1) is 5.69 Å². The summed E-state index contributed by atoms with van der Waals surface area (Å²) >= 11 is 0. The summed E-state index contributed by atoms with van der Waals surface area (Å²) in [4.78, 5) is 9.02. The van der Waals surface area contributed by atoms with Gasteiger partial charge in [0, 0.05) is 17.3 Å². The number of hydrogen-bond donors (Lipinski definition) is 1. The van der Waals surface area contributed by atoms with E-state index in [0.717, 1.165) is 28.6 Å². The summed E-state index contributed by atoms with van der Waals surface area (Å²) in [5.74, 6) is 1.57. The number of aromatic nitrogens is 2. The van der Waals surface area contributed by atoms with Crippen molar-refractivity contribution in [2.24, 2.45) is 0 Å². The molecule has 3 nitrogen and oxygen atoms in total. The molecule has 110 valence electrons. The highest BCUT2D eigenvalue weighted by Crippen LogP contribution is 2.22. The van der Waals surface area contributed by atoms with E-state index in [-0.39, 0.29) is 0 Å². The Hall–Kier alpha value is -2.68. The fourth-order valence-corrected chi connectivity index (χ4v) is 2.37. The van der Waals surface area contributed by atoms with Crippen molar-refractivity contribution >= 4 is 11.5 Å². The molecule has 3 aromatic rings. The van der Waals surface area contributed by atoms with E-state index in [1.807, 2.05) is 25.1 Å². The summed E-state index contributed by atoms with van der Waals surface area (Å²) in [6.45, 7) is 6.08. The molecule has 0 aliphatic rings. The number of nitrogens with one attached hydrogen (secondary N) is 1. The molecule has 0 saturated heterocycles. The Morgan fingerprint density at radius 3 is 2.27 bits per heavy atom. The van der Waals surface area contributed by atoms with Crippen LogP contribution in [0.2, 0.25) is 0 Å². The van der Waals surface area contributed by atoms with Gasteiger partial charge >= 0.3 is 0 Å². The van der Waals surface area contributed by atoms with Crippen LogP contribution in [0.5, 0.6) is 0 Å². The largest absolute Gasteiger partial charge is 0.340 e. The second kappa shape index (κ2) is 5.98. The Kier molecular flexibility index (Phi) is 3.88. The van der Waals surface area contributed by atoms with E-state index in [9.17, 15) is 0 Å². The van der Waals surface area contributed by atoms with Gasteiger partial charge in [-0.3, -0.25) is 0 Å². The first-order chi connectivity index (χ1) is 10.6. The number of anilines is 2. The fourth-order valence-electron chi connectivity index (χ4n) is 2.37. The summed E-state index contributed by atoms with van der Waals surface area (Å²) in [5, 5.41) is 3.36. The number of nitrogens with zero attached hydrogens (tertiary/aromatic N) is 2. The third kappa shape index (κ3) is 3.31. The first-order valence-electron chi connectivity index (χ1n) is 7.36. The van der Waals surface area contributed by atoms with E-state index >= 15 is 0 Å². The van der Waals surface area contributed by atoms with Gasteiger partial charge in [-0.15, -0.1) is 0 Å². The van der Waals surface area contributed by atoms with Gasteiger partial charge in [-0.05, 0) is 38.5 Å². The van der Waals surface area contributed by atoms with E-state index in [1.165, 1.54) is 11.1 Å². The van der Waals surface area contributed by atoms with Crippen LogP contribution in [-0.2, 0) is 0 Å². The molecule has 0 unspecified atom stereocenters. The fraction of sp³-hybridized carbons (Fsp3) is 0.158. The molecule has 1 N–H and O–H groups in total. The van der Waals surface area contributed by atoms with Gasteiger partial charge in [0.15, 0.2) is 0 Å². The van der Waals surface area contributed by atoms with E-state index in [4.69, 9.17) is 0 Å². The second-order valence-electron chi connectivity index (χ2n) is 5.55. The first kappa shape index (κ1) is 14.3. The molecule has 0 fully saturated rings. The van der Waals surface area contributed by atoms with Crippen LogP contribution in [0, 0.1) is 20.8 Å². The van der Waals surface area contributed by atoms with Crippen molar-refractivity contribution in [3.63, 3.8) is 0 Å². The van der Waals surface area contributed by atoms with E-state index in [2.05, 4.69) is 65.5 Å². The van der Waals surface area contributed by atoms with Crippen molar-refractivity contribution in [1.29, 1.82) is 0 Å². The predicted octanol–water partition coefficient (Wildman–Crippen LogP) is 4.81. The standard InChI is InChI=1S/C19H19N3/c1-13-7-9-16(10-8-13)18-12-19(21-15(3)20-18)22-17-6-4-5-14(2)11-17/h4-12H,1-3H3,(H,20,21,22). The van der Waals surface area contributed by atoms with Crippen LogP contribution in [0.4, 0.5) is 11.5 Å². The van der Waals surface area contributed by atoms with Gasteiger partial charge in [-0.25, -0.2) is 9.97 Å². The number of benzene rings is 2. The average molecular weight is 289 g/mol. The van der Waals surface area contributed by atoms with Gasteiger partial charge in [0.2, 0.25) is 0 Å². The minimum absolute atomic E-state index is 0.758. The van der Waals surface area contributed by atoms with Crippen molar-refractivity contribution in [2.45, 2.75) is 20.8 Å². The normalized spacial score (nSPS) is 10.5. The molecule has 1 aromatic heterocycles. The van der Waals surface area contributed by atoms with Crippen LogP contribution in [0.15, 0.2) is 54.6 Å². The molecule has 0 atom stereocenters. The SMILES string of the molecule is Cc1ccc(-c2cc(Nc3cccc(C)c3)nc(C)n2)cc1. The highest BCUT2D eigenvalue weighted by Gasteiger charge is 2.05. The summed E-state index contributed by atoms with van der Waals surface area (Å²) in [7, 11) is 0. The molecule has 3 heteroatoms. The molecule has 22 heavy (non-hydrogen) atoms. The van der Waals surface area contributed by atoms with Crippen LogP contribution >= 0.6 is 0 Å². The Morgan fingerprint density at radius 1 is 0.773 bits per heavy atom. The number of aryl methyl sites for hydroxylation is 3. The third-order valence-corrected chi connectivity index (χ3v) is 3.48. The lowest BCUT2D eigenvalue weighted by Crippen LogP contribution is -1.99. The molecule has 0 saturated carbocycles. The zero-order valence-corrected chi connectivity index (χ0v) is 13.1. The lowest BCUT2D eigenvalue weighted by atomic mass is 10.1. The molecule has 0 aliphatic heterocycles. The Morgan fingerprint density at radius 2 is 1.55 bits per heavy atom. The molecule has 1 heterocycles. The van der Waals surface area contributed by atoms with Crippen LogP contribution < -0.4 is 5.32 Å². The minimum Gasteiger partial charge on any atom is -0.340 e.